The summed E-state index contributed by atoms with van der Waals surface area (Å²) in [6.07, 6.45) is 0.0875. The van der Waals surface area contributed by atoms with Crippen molar-refractivity contribution in [3.05, 3.63) is 34.6 Å². The summed E-state index contributed by atoms with van der Waals surface area (Å²) in [6.45, 7) is 7.20. The number of ketones is 1. The molecule has 1 aromatic rings. The van der Waals surface area contributed by atoms with Crippen LogP contribution in [-0.4, -0.2) is 11.3 Å². The van der Waals surface area contributed by atoms with Crippen LogP contribution in [0.4, 0.5) is 4.39 Å². The van der Waals surface area contributed by atoms with Gasteiger partial charge in [0, 0.05) is 22.4 Å². The quantitative estimate of drug-likeness (QED) is 0.913. The molecule has 0 heterocycles. The third kappa shape index (κ3) is 3.09. The molecule has 2 N–H and O–H groups in total. The fraction of sp³-hybridized carbons (Fsp3) is 0.500. The van der Waals surface area contributed by atoms with Crippen LogP contribution in [0.1, 0.15) is 33.3 Å². The van der Waals surface area contributed by atoms with Crippen molar-refractivity contribution >= 4 is 17.4 Å². The molecular formula is C14H19ClFNO. The number of carbonyl (C=O) groups is 1. The molecule has 1 aromatic carbocycles. The van der Waals surface area contributed by atoms with Crippen molar-refractivity contribution in [3.8, 4) is 0 Å². The second-order valence-electron chi connectivity index (χ2n) is 5.68. The lowest BCUT2D eigenvalue weighted by atomic mass is 9.71. The van der Waals surface area contributed by atoms with Gasteiger partial charge in [0.1, 0.15) is 11.6 Å². The number of Topliss-reactive ketones (excluding diaryl/α,β-unsaturated/α-hetero) is 1. The highest BCUT2D eigenvalue weighted by atomic mass is 35.5. The van der Waals surface area contributed by atoms with E-state index in [-0.39, 0.29) is 12.2 Å². The monoisotopic (exact) mass is 271 g/mol. The molecule has 0 atom stereocenters. The van der Waals surface area contributed by atoms with Gasteiger partial charge in [-0.1, -0.05) is 25.4 Å². The molecule has 0 spiro atoms. The van der Waals surface area contributed by atoms with Crippen molar-refractivity contribution in [2.24, 2.45) is 11.1 Å². The van der Waals surface area contributed by atoms with Crippen molar-refractivity contribution < 1.29 is 9.18 Å². The van der Waals surface area contributed by atoms with E-state index in [0.717, 1.165) is 0 Å². The van der Waals surface area contributed by atoms with E-state index in [1.165, 1.54) is 18.2 Å². The third-order valence-electron chi connectivity index (χ3n) is 3.67. The number of benzene rings is 1. The maximum atomic E-state index is 13.1. The summed E-state index contributed by atoms with van der Waals surface area (Å²) >= 11 is 5.95. The van der Waals surface area contributed by atoms with E-state index in [9.17, 15) is 9.18 Å². The van der Waals surface area contributed by atoms with Gasteiger partial charge in [-0.25, -0.2) is 4.39 Å². The van der Waals surface area contributed by atoms with Crippen LogP contribution in [0.2, 0.25) is 5.02 Å². The first-order chi connectivity index (χ1) is 8.05. The molecule has 0 aromatic heterocycles. The predicted molar refractivity (Wildman–Crippen MR) is 72.2 cm³/mol. The van der Waals surface area contributed by atoms with Crippen molar-refractivity contribution in [1.29, 1.82) is 0 Å². The van der Waals surface area contributed by atoms with E-state index in [1.807, 2.05) is 0 Å². The zero-order chi connectivity index (χ0) is 14.1. The Balaban J connectivity index is 2.98. The largest absolute Gasteiger partial charge is 0.325 e. The first-order valence-corrected chi connectivity index (χ1v) is 6.19. The maximum absolute atomic E-state index is 13.1. The number of halogens is 2. The molecule has 0 fully saturated rings. The summed E-state index contributed by atoms with van der Waals surface area (Å²) in [7, 11) is 0. The smallest absolute Gasteiger partial charge is 0.144 e. The van der Waals surface area contributed by atoms with Gasteiger partial charge in [-0.05, 0) is 37.6 Å². The molecule has 0 amide bonds. The lowest BCUT2D eigenvalue weighted by Crippen LogP contribution is -2.52. The van der Waals surface area contributed by atoms with Crippen LogP contribution in [0.15, 0.2) is 18.2 Å². The summed E-state index contributed by atoms with van der Waals surface area (Å²) in [5.74, 6) is -0.450. The Morgan fingerprint density at radius 1 is 1.33 bits per heavy atom. The fourth-order valence-electron chi connectivity index (χ4n) is 1.43. The average molecular weight is 272 g/mol. The van der Waals surface area contributed by atoms with Crippen LogP contribution in [0.5, 0.6) is 0 Å². The summed E-state index contributed by atoms with van der Waals surface area (Å²) in [6, 6.07) is 4.02. The van der Waals surface area contributed by atoms with Crippen LogP contribution in [0, 0.1) is 11.2 Å². The highest BCUT2D eigenvalue weighted by Crippen LogP contribution is 2.31. The van der Waals surface area contributed by atoms with E-state index >= 15 is 0 Å². The minimum atomic E-state index is -0.706. The molecule has 0 saturated carbocycles. The topological polar surface area (TPSA) is 43.1 Å². The SMILES string of the molecule is CC(C)(N)C(C)(C)C(=O)Cc1cc(F)ccc1Cl. The molecular weight excluding hydrogens is 253 g/mol. The highest BCUT2D eigenvalue weighted by Gasteiger charge is 2.39. The predicted octanol–water partition coefficient (Wildman–Crippen LogP) is 3.35. The number of hydrogen-bond donors (Lipinski definition) is 1. The van der Waals surface area contributed by atoms with Crippen LogP contribution in [0.25, 0.3) is 0 Å². The van der Waals surface area contributed by atoms with Crippen molar-refractivity contribution in [2.75, 3.05) is 0 Å². The van der Waals surface area contributed by atoms with Gasteiger partial charge in [-0.2, -0.15) is 0 Å². The molecule has 18 heavy (non-hydrogen) atoms. The Kier molecular flexibility index (Phi) is 4.19. The number of hydrogen-bond acceptors (Lipinski definition) is 2. The van der Waals surface area contributed by atoms with E-state index in [2.05, 4.69) is 0 Å². The van der Waals surface area contributed by atoms with Gasteiger partial charge >= 0.3 is 0 Å². The molecule has 4 heteroatoms. The third-order valence-corrected chi connectivity index (χ3v) is 4.04. The minimum absolute atomic E-state index is 0.0532. The first-order valence-electron chi connectivity index (χ1n) is 5.82. The lowest BCUT2D eigenvalue weighted by molar-refractivity contribution is -0.129. The van der Waals surface area contributed by atoms with E-state index in [1.54, 1.807) is 27.7 Å². The number of rotatable bonds is 4. The van der Waals surface area contributed by atoms with Crippen LogP contribution in [0.3, 0.4) is 0 Å². The molecule has 0 radical (unpaired) electrons. The normalized spacial score (nSPS) is 12.6. The zero-order valence-corrected chi connectivity index (χ0v) is 11.9. The average Bonchev–Trinajstić information content (AvgIpc) is 2.21. The van der Waals surface area contributed by atoms with Gasteiger partial charge in [-0.3, -0.25) is 4.79 Å². The molecule has 1 rings (SSSR count). The van der Waals surface area contributed by atoms with Crippen LogP contribution >= 0.6 is 11.6 Å². The zero-order valence-electron chi connectivity index (χ0n) is 11.2. The molecule has 0 aliphatic rings. The Morgan fingerprint density at radius 3 is 2.39 bits per heavy atom. The molecule has 0 saturated heterocycles. The first kappa shape index (κ1) is 15.1. The van der Waals surface area contributed by atoms with E-state index in [4.69, 9.17) is 17.3 Å². The summed E-state index contributed by atoms with van der Waals surface area (Å²) in [4.78, 5) is 12.3. The highest BCUT2D eigenvalue weighted by molar-refractivity contribution is 6.31. The molecule has 0 unspecified atom stereocenters. The Hall–Kier alpha value is -0.930. The summed E-state index contributed by atoms with van der Waals surface area (Å²) in [5, 5.41) is 0.398. The van der Waals surface area contributed by atoms with Crippen LogP contribution < -0.4 is 5.73 Å². The van der Waals surface area contributed by atoms with Gasteiger partial charge in [0.25, 0.3) is 0 Å². The maximum Gasteiger partial charge on any atom is 0.144 e. The minimum Gasteiger partial charge on any atom is -0.325 e. The van der Waals surface area contributed by atoms with Gasteiger partial charge in [0.05, 0.1) is 0 Å². The van der Waals surface area contributed by atoms with Crippen molar-refractivity contribution in [2.45, 2.75) is 39.7 Å². The van der Waals surface area contributed by atoms with Crippen LogP contribution in [-0.2, 0) is 11.2 Å². The lowest BCUT2D eigenvalue weighted by Gasteiger charge is -2.37. The fourth-order valence-corrected chi connectivity index (χ4v) is 1.62. The van der Waals surface area contributed by atoms with Gasteiger partial charge in [-0.15, -0.1) is 0 Å². The van der Waals surface area contributed by atoms with Crippen molar-refractivity contribution in [3.63, 3.8) is 0 Å². The Bertz CT molecular complexity index is 463. The number of carbonyl (C=O) groups excluding carboxylic acids is 1. The molecule has 0 bridgehead atoms. The molecule has 100 valence electrons. The summed E-state index contributed by atoms with van der Waals surface area (Å²) < 4.78 is 13.1. The second kappa shape index (κ2) is 4.98. The number of nitrogens with two attached hydrogens (primary N) is 1. The Morgan fingerprint density at radius 2 is 1.89 bits per heavy atom. The van der Waals surface area contributed by atoms with Gasteiger partial charge in [0.2, 0.25) is 0 Å². The molecule has 2 nitrogen and oxygen atoms in total. The Labute approximate surface area is 112 Å². The van der Waals surface area contributed by atoms with Crippen molar-refractivity contribution in [1.82, 2.24) is 0 Å². The van der Waals surface area contributed by atoms with E-state index in [0.29, 0.717) is 10.6 Å². The molecule has 0 aliphatic heterocycles. The molecule has 0 aliphatic carbocycles. The standard InChI is InChI=1S/C14H19ClFNO/c1-13(2,14(3,4)17)12(18)8-9-7-10(16)5-6-11(9)15/h5-7H,8,17H2,1-4H3. The van der Waals surface area contributed by atoms with E-state index < -0.39 is 16.8 Å². The second-order valence-corrected chi connectivity index (χ2v) is 6.09. The summed E-state index contributed by atoms with van der Waals surface area (Å²) in [5.41, 5.74) is 5.15. The van der Waals surface area contributed by atoms with Gasteiger partial charge < -0.3 is 5.73 Å². The van der Waals surface area contributed by atoms with Gasteiger partial charge in [0.15, 0.2) is 0 Å².